The third-order valence-electron chi connectivity index (χ3n) is 4.58. The van der Waals surface area contributed by atoms with Crippen LogP contribution < -0.4 is 14.4 Å². The zero-order chi connectivity index (χ0) is 21.7. The number of hydrogen-bond donors (Lipinski definition) is 1. The highest BCUT2D eigenvalue weighted by Crippen LogP contribution is 2.29. The van der Waals surface area contributed by atoms with Crippen LogP contribution in [0.5, 0.6) is 5.75 Å². The van der Waals surface area contributed by atoms with E-state index in [1.807, 2.05) is 32.0 Å². The molecule has 0 unspecified atom stereocenters. The molecular formula is C22H24N2O4S2. The zero-order valence-electron chi connectivity index (χ0n) is 17.1. The molecule has 0 fully saturated rings. The number of nitrogens with one attached hydrogen (secondary N) is 1. The van der Waals surface area contributed by atoms with E-state index in [-0.39, 0.29) is 9.77 Å². The maximum atomic E-state index is 13.2. The Morgan fingerprint density at radius 3 is 2.50 bits per heavy atom. The van der Waals surface area contributed by atoms with E-state index in [0.29, 0.717) is 23.7 Å². The number of benzene rings is 2. The fraction of sp³-hybridized carbons (Fsp3) is 0.227. The van der Waals surface area contributed by atoms with E-state index in [2.05, 4.69) is 5.32 Å². The second kappa shape index (κ2) is 9.32. The summed E-state index contributed by atoms with van der Waals surface area (Å²) < 4.78 is 33.0. The molecule has 1 heterocycles. The standard InChI is InChI=1S/C22H24N2O4S2/c1-4-16-7-6-8-17(15-16)23-22(25)21-20(13-14-29-21)30(26,27)24(3)18-9-11-19(12-10-18)28-5-2/h6-15H,4-5H2,1-3H3,(H,23,25). The van der Waals surface area contributed by atoms with Gasteiger partial charge in [-0.25, -0.2) is 8.42 Å². The van der Waals surface area contributed by atoms with Gasteiger partial charge in [-0.3, -0.25) is 9.10 Å². The first-order valence-electron chi connectivity index (χ1n) is 9.56. The molecule has 158 valence electrons. The largest absolute Gasteiger partial charge is 0.494 e. The average Bonchev–Trinajstić information content (AvgIpc) is 3.25. The van der Waals surface area contributed by atoms with Gasteiger partial charge in [-0.2, -0.15) is 0 Å². The molecule has 30 heavy (non-hydrogen) atoms. The van der Waals surface area contributed by atoms with Gasteiger partial charge in [0.2, 0.25) is 0 Å². The first-order chi connectivity index (χ1) is 14.4. The molecule has 8 heteroatoms. The van der Waals surface area contributed by atoms with Gasteiger partial charge in [-0.05, 0) is 66.8 Å². The maximum absolute atomic E-state index is 13.2. The van der Waals surface area contributed by atoms with Crippen molar-refractivity contribution in [2.75, 3.05) is 23.3 Å². The van der Waals surface area contributed by atoms with Gasteiger partial charge in [0.05, 0.1) is 12.3 Å². The third kappa shape index (κ3) is 4.66. The Morgan fingerprint density at radius 2 is 1.83 bits per heavy atom. The number of carbonyl (C=O) groups excluding carboxylic acids is 1. The number of nitrogens with zero attached hydrogens (tertiary/aromatic N) is 1. The normalized spacial score (nSPS) is 11.2. The topological polar surface area (TPSA) is 75.7 Å². The van der Waals surface area contributed by atoms with Crippen LogP contribution in [0.15, 0.2) is 64.9 Å². The van der Waals surface area contributed by atoms with E-state index in [1.165, 1.54) is 17.4 Å². The minimum Gasteiger partial charge on any atom is -0.494 e. The molecule has 0 atom stereocenters. The lowest BCUT2D eigenvalue weighted by Crippen LogP contribution is -2.28. The maximum Gasteiger partial charge on any atom is 0.267 e. The molecule has 0 bridgehead atoms. The van der Waals surface area contributed by atoms with Gasteiger partial charge in [0.1, 0.15) is 15.5 Å². The molecule has 1 amide bonds. The lowest BCUT2D eigenvalue weighted by Gasteiger charge is -2.20. The summed E-state index contributed by atoms with van der Waals surface area (Å²) in [5, 5.41) is 4.41. The predicted molar refractivity (Wildman–Crippen MR) is 121 cm³/mol. The molecule has 0 aliphatic heterocycles. The van der Waals surface area contributed by atoms with E-state index in [4.69, 9.17) is 4.74 Å². The Kier molecular flexibility index (Phi) is 6.79. The Morgan fingerprint density at radius 1 is 1.10 bits per heavy atom. The number of ether oxygens (including phenoxy) is 1. The Hall–Kier alpha value is -2.84. The fourth-order valence-corrected chi connectivity index (χ4v) is 5.42. The number of rotatable bonds is 8. The molecule has 0 saturated carbocycles. The van der Waals surface area contributed by atoms with Crippen LogP contribution in [0.25, 0.3) is 0 Å². The molecule has 0 saturated heterocycles. The van der Waals surface area contributed by atoms with Crippen molar-refractivity contribution in [3.05, 3.63) is 70.4 Å². The molecular weight excluding hydrogens is 420 g/mol. The van der Waals surface area contributed by atoms with Crippen LogP contribution in [-0.4, -0.2) is 28.0 Å². The molecule has 1 N–H and O–H groups in total. The number of hydrogen-bond acceptors (Lipinski definition) is 5. The van der Waals surface area contributed by atoms with Gasteiger partial charge >= 0.3 is 0 Å². The van der Waals surface area contributed by atoms with Crippen LogP contribution in [0.1, 0.15) is 29.1 Å². The van der Waals surface area contributed by atoms with Crippen molar-refractivity contribution in [2.24, 2.45) is 0 Å². The molecule has 6 nitrogen and oxygen atoms in total. The molecule has 2 aromatic carbocycles. The molecule has 0 spiro atoms. The number of aryl methyl sites for hydroxylation is 1. The van der Waals surface area contributed by atoms with Gasteiger partial charge in [-0.1, -0.05) is 19.1 Å². The summed E-state index contributed by atoms with van der Waals surface area (Å²) in [7, 11) is -2.45. The second-order valence-electron chi connectivity index (χ2n) is 6.52. The summed E-state index contributed by atoms with van der Waals surface area (Å²) in [5.74, 6) is 0.217. The van der Waals surface area contributed by atoms with Crippen LogP contribution in [0.4, 0.5) is 11.4 Å². The molecule has 0 aliphatic carbocycles. The highest BCUT2D eigenvalue weighted by molar-refractivity contribution is 7.93. The summed E-state index contributed by atoms with van der Waals surface area (Å²) >= 11 is 1.10. The first-order valence-corrected chi connectivity index (χ1v) is 11.9. The summed E-state index contributed by atoms with van der Waals surface area (Å²) in [6.45, 7) is 4.44. The summed E-state index contributed by atoms with van der Waals surface area (Å²) in [6.07, 6.45) is 0.842. The Bertz CT molecular complexity index is 1120. The van der Waals surface area contributed by atoms with Gasteiger partial charge in [0, 0.05) is 12.7 Å². The fourth-order valence-electron chi connectivity index (χ4n) is 2.93. The van der Waals surface area contributed by atoms with E-state index < -0.39 is 15.9 Å². The minimum atomic E-state index is -3.91. The van der Waals surface area contributed by atoms with E-state index >= 15 is 0 Å². The Labute approximate surface area is 181 Å². The molecule has 3 aromatic rings. The van der Waals surface area contributed by atoms with Crippen LogP contribution in [0, 0.1) is 0 Å². The molecule has 3 rings (SSSR count). The van der Waals surface area contributed by atoms with Gasteiger partial charge in [-0.15, -0.1) is 11.3 Å². The Balaban J connectivity index is 1.85. The van der Waals surface area contributed by atoms with Gasteiger partial charge < -0.3 is 10.1 Å². The number of carbonyl (C=O) groups is 1. The molecule has 1 aromatic heterocycles. The van der Waals surface area contributed by atoms with E-state index in [1.54, 1.807) is 35.7 Å². The monoisotopic (exact) mass is 444 g/mol. The first kappa shape index (κ1) is 21.9. The third-order valence-corrected chi connectivity index (χ3v) is 7.45. The quantitative estimate of drug-likeness (QED) is 0.542. The zero-order valence-corrected chi connectivity index (χ0v) is 18.7. The van der Waals surface area contributed by atoms with E-state index in [0.717, 1.165) is 23.3 Å². The molecule has 0 aliphatic rings. The summed E-state index contributed by atoms with van der Waals surface area (Å²) in [4.78, 5) is 12.9. The lowest BCUT2D eigenvalue weighted by molar-refractivity contribution is 0.102. The lowest BCUT2D eigenvalue weighted by atomic mass is 10.1. The smallest absolute Gasteiger partial charge is 0.267 e. The second-order valence-corrected chi connectivity index (χ2v) is 9.38. The van der Waals surface area contributed by atoms with E-state index in [9.17, 15) is 13.2 Å². The predicted octanol–water partition coefficient (Wildman–Crippen LogP) is 4.79. The van der Waals surface area contributed by atoms with Gasteiger partial charge in [0.15, 0.2) is 0 Å². The highest BCUT2D eigenvalue weighted by Gasteiger charge is 2.28. The van der Waals surface area contributed by atoms with Gasteiger partial charge in [0.25, 0.3) is 15.9 Å². The van der Waals surface area contributed by atoms with Crippen molar-refractivity contribution in [3.63, 3.8) is 0 Å². The van der Waals surface area contributed by atoms with Crippen LogP contribution in [0.2, 0.25) is 0 Å². The van der Waals surface area contributed by atoms with Crippen molar-refractivity contribution >= 4 is 38.6 Å². The van der Waals surface area contributed by atoms with Crippen LogP contribution in [0.3, 0.4) is 0 Å². The average molecular weight is 445 g/mol. The summed E-state index contributed by atoms with van der Waals surface area (Å²) in [5.41, 5.74) is 2.20. The minimum absolute atomic E-state index is 0.0203. The van der Waals surface area contributed by atoms with Crippen molar-refractivity contribution in [2.45, 2.75) is 25.2 Å². The van der Waals surface area contributed by atoms with Crippen molar-refractivity contribution < 1.29 is 17.9 Å². The number of amides is 1. The van der Waals surface area contributed by atoms with Crippen molar-refractivity contribution in [3.8, 4) is 5.75 Å². The highest BCUT2D eigenvalue weighted by atomic mass is 32.2. The SMILES string of the molecule is CCOc1ccc(N(C)S(=O)(=O)c2ccsc2C(=O)Nc2cccc(CC)c2)cc1. The van der Waals surface area contributed by atoms with Crippen molar-refractivity contribution in [1.29, 1.82) is 0 Å². The summed E-state index contributed by atoms with van der Waals surface area (Å²) in [6, 6.07) is 15.7. The van der Waals surface area contributed by atoms with Crippen LogP contribution in [-0.2, 0) is 16.4 Å². The molecule has 0 radical (unpaired) electrons. The number of anilines is 2. The number of thiophene rings is 1. The van der Waals surface area contributed by atoms with Crippen molar-refractivity contribution in [1.82, 2.24) is 0 Å². The van der Waals surface area contributed by atoms with Crippen LogP contribution >= 0.6 is 11.3 Å². The number of sulfonamides is 1.